The third kappa shape index (κ3) is 12.0. The molecule has 0 N–H and O–H groups in total. The van der Waals surface area contributed by atoms with Crippen molar-refractivity contribution in [1.82, 2.24) is 0 Å². The maximum atomic E-state index is 2.41. The summed E-state index contributed by atoms with van der Waals surface area (Å²) in [7, 11) is 0. The molecule has 18 heavy (non-hydrogen) atoms. The highest BCUT2D eigenvalue weighted by Crippen LogP contribution is 2.12. The predicted molar refractivity (Wildman–Crippen MR) is 88.4 cm³/mol. The van der Waals surface area contributed by atoms with Crippen molar-refractivity contribution in [1.29, 1.82) is 0 Å². The highest BCUT2D eigenvalue weighted by Gasteiger charge is 1.92. The molecule has 0 bridgehead atoms. The molecule has 0 amide bonds. The molecule has 0 saturated heterocycles. The first-order valence-corrected chi connectivity index (χ1v) is 8.24. The zero-order valence-electron chi connectivity index (χ0n) is 12.9. The minimum absolute atomic E-state index is 1.17. The summed E-state index contributed by atoms with van der Waals surface area (Å²) in [5.41, 5.74) is 4.49. The molecular formula is C17H30S. The summed E-state index contributed by atoms with van der Waals surface area (Å²) in [4.78, 5) is 0. The molecule has 0 heterocycles. The Balaban J connectivity index is 3.79. The van der Waals surface area contributed by atoms with Gasteiger partial charge in [0.1, 0.15) is 0 Å². The molecule has 0 aromatic rings. The normalized spacial score (nSPS) is 12.7. The Labute approximate surface area is 119 Å². The van der Waals surface area contributed by atoms with E-state index in [2.05, 4.69) is 52.8 Å². The lowest BCUT2D eigenvalue weighted by molar-refractivity contribution is 0.917. The highest BCUT2D eigenvalue weighted by molar-refractivity contribution is 7.99. The molecule has 1 heteroatoms. The van der Waals surface area contributed by atoms with Gasteiger partial charge in [-0.05, 0) is 59.1 Å². The van der Waals surface area contributed by atoms with Crippen molar-refractivity contribution in [3.05, 3.63) is 34.9 Å². The van der Waals surface area contributed by atoms with Crippen molar-refractivity contribution in [2.75, 3.05) is 11.5 Å². The third-order valence-corrected chi connectivity index (χ3v) is 3.69. The molecule has 0 spiro atoms. The van der Waals surface area contributed by atoms with E-state index in [0.29, 0.717) is 0 Å². The minimum atomic E-state index is 1.17. The SMILES string of the molecule is CCSC/C=C(\C)CC/C=C(/C)CCC=C(C)C. The van der Waals surface area contributed by atoms with Crippen LogP contribution in [0, 0.1) is 0 Å². The van der Waals surface area contributed by atoms with Gasteiger partial charge in [0.05, 0.1) is 0 Å². The Hall–Kier alpha value is -0.430. The average Bonchev–Trinajstić information content (AvgIpc) is 2.29. The van der Waals surface area contributed by atoms with Crippen LogP contribution in [0.2, 0.25) is 0 Å². The second kappa shape index (κ2) is 11.6. The van der Waals surface area contributed by atoms with Crippen LogP contribution >= 0.6 is 11.8 Å². The van der Waals surface area contributed by atoms with Crippen molar-refractivity contribution in [2.24, 2.45) is 0 Å². The zero-order valence-corrected chi connectivity index (χ0v) is 13.7. The van der Waals surface area contributed by atoms with E-state index in [1.807, 2.05) is 11.8 Å². The van der Waals surface area contributed by atoms with E-state index < -0.39 is 0 Å². The van der Waals surface area contributed by atoms with E-state index in [9.17, 15) is 0 Å². The summed E-state index contributed by atoms with van der Waals surface area (Å²) in [5.74, 6) is 2.39. The highest BCUT2D eigenvalue weighted by atomic mass is 32.2. The molecule has 0 rings (SSSR count). The summed E-state index contributed by atoms with van der Waals surface area (Å²) in [6, 6.07) is 0. The Kier molecular flexibility index (Phi) is 11.4. The van der Waals surface area contributed by atoms with E-state index in [-0.39, 0.29) is 0 Å². The number of hydrogen-bond donors (Lipinski definition) is 0. The lowest BCUT2D eigenvalue weighted by Crippen LogP contribution is -1.82. The lowest BCUT2D eigenvalue weighted by atomic mass is 10.1. The van der Waals surface area contributed by atoms with Crippen molar-refractivity contribution < 1.29 is 0 Å². The van der Waals surface area contributed by atoms with Crippen LogP contribution in [0.15, 0.2) is 34.9 Å². The average molecular weight is 266 g/mol. The first kappa shape index (κ1) is 17.6. The fraction of sp³-hybridized carbons (Fsp3) is 0.647. The number of hydrogen-bond acceptors (Lipinski definition) is 1. The van der Waals surface area contributed by atoms with Crippen molar-refractivity contribution in [2.45, 2.75) is 60.3 Å². The van der Waals surface area contributed by atoms with Gasteiger partial charge in [0.2, 0.25) is 0 Å². The minimum Gasteiger partial charge on any atom is -0.158 e. The molecule has 0 atom stereocenters. The van der Waals surface area contributed by atoms with Crippen LogP contribution in [-0.2, 0) is 0 Å². The smallest absolute Gasteiger partial charge is 0.0115 e. The first-order valence-electron chi connectivity index (χ1n) is 7.08. The van der Waals surface area contributed by atoms with Gasteiger partial charge in [-0.25, -0.2) is 0 Å². The molecule has 0 nitrogen and oxygen atoms in total. The number of thioether (sulfide) groups is 1. The molecule has 0 fully saturated rings. The second-order valence-corrected chi connectivity index (χ2v) is 6.44. The van der Waals surface area contributed by atoms with Gasteiger partial charge >= 0.3 is 0 Å². The summed E-state index contributed by atoms with van der Waals surface area (Å²) in [5, 5.41) is 0. The van der Waals surface area contributed by atoms with Crippen LogP contribution in [-0.4, -0.2) is 11.5 Å². The lowest BCUT2D eigenvalue weighted by Gasteiger charge is -2.01. The monoisotopic (exact) mass is 266 g/mol. The van der Waals surface area contributed by atoms with Crippen LogP contribution in [0.25, 0.3) is 0 Å². The maximum absolute atomic E-state index is 2.41. The molecule has 0 aliphatic carbocycles. The Morgan fingerprint density at radius 3 is 1.94 bits per heavy atom. The quantitative estimate of drug-likeness (QED) is 0.356. The first-order chi connectivity index (χ1) is 8.56. The van der Waals surface area contributed by atoms with Gasteiger partial charge in [-0.15, -0.1) is 0 Å². The molecule has 0 saturated carbocycles. The summed E-state index contributed by atoms with van der Waals surface area (Å²) in [6.45, 7) is 11.1. The van der Waals surface area contributed by atoms with Crippen LogP contribution in [0.3, 0.4) is 0 Å². The van der Waals surface area contributed by atoms with Crippen molar-refractivity contribution in [3.8, 4) is 0 Å². The molecule has 0 aromatic heterocycles. The number of rotatable bonds is 9. The standard InChI is InChI=1S/C17H30S/c1-6-18-14-13-17(5)12-8-11-16(4)10-7-9-15(2)3/h9,11,13H,6-8,10,12,14H2,1-5H3/b16-11-,17-13+. The Bertz CT molecular complexity index is 291. The van der Waals surface area contributed by atoms with E-state index in [1.54, 1.807) is 0 Å². The predicted octanol–water partition coefficient (Wildman–Crippen LogP) is 6.16. The zero-order chi connectivity index (χ0) is 13.8. The number of allylic oxidation sites excluding steroid dienone is 5. The topological polar surface area (TPSA) is 0 Å². The Morgan fingerprint density at radius 1 is 0.833 bits per heavy atom. The van der Waals surface area contributed by atoms with E-state index in [4.69, 9.17) is 0 Å². The molecule has 0 aromatic carbocycles. The van der Waals surface area contributed by atoms with Gasteiger partial charge in [0.25, 0.3) is 0 Å². The Morgan fingerprint density at radius 2 is 1.39 bits per heavy atom. The van der Waals surface area contributed by atoms with Crippen LogP contribution < -0.4 is 0 Å². The second-order valence-electron chi connectivity index (χ2n) is 5.12. The van der Waals surface area contributed by atoms with Crippen molar-refractivity contribution in [3.63, 3.8) is 0 Å². The largest absolute Gasteiger partial charge is 0.158 e. The fourth-order valence-corrected chi connectivity index (χ4v) is 2.30. The maximum Gasteiger partial charge on any atom is 0.0115 e. The van der Waals surface area contributed by atoms with Crippen LogP contribution in [0.4, 0.5) is 0 Å². The van der Waals surface area contributed by atoms with Crippen molar-refractivity contribution >= 4 is 11.8 Å². The van der Waals surface area contributed by atoms with Gasteiger partial charge in [0.15, 0.2) is 0 Å². The van der Waals surface area contributed by atoms with E-state index in [1.165, 1.54) is 53.9 Å². The van der Waals surface area contributed by atoms with Gasteiger partial charge < -0.3 is 0 Å². The van der Waals surface area contributed by atoms with Gasteiger partial charge in [-0.2, -0.15) is 11.8 Å². The van der Waals surface area contributed by atoms with Gasteiger partial charge in [0, 0.05) is 5.75 Å². The molecule has 0 aliphatic heterocycles. The van der Waals surface area contributed by atoms with Crippen LogP contribution in [0.1, 0.15) is 60.3 Å². The summed E-state index contributed by atoms with van der Waals surface area (Å²) < 4.78 is 0. The summed E-state index contributed by atoms with van der Waals surface area (Å²) >= 11 is 1.99. The summed E-state index contributed by atoms with van der Waals surface area (Å²) in [6.07, 6.45) is 11.9. The molecule has 0 radical (unpaired) electrons. The molecule has 104 valence electrons. The van der Waals surface area contributed by atoms with E-state index >= 15 is 0 Å². The molecule has 0 aliphatic rings. The van der Waals surface area contributed by atoms with Gasteiger partial charge in [-0.1, -0.05) is 41.9 Å². The van der Waals surface area contributed by atoms with E-state index in [0.717, 1.165) is 0 Å². The third-order valence-electron chi connectivity index (χ3n) is 2.88. The van der Waals surface area contributed by atoms with Crippen LogP contribution in [0.5, 0.6) is 0 Å². The van der Waals surface area contributed by atoms with Gasteiger partial charge in [-0.3, -0.25) is 0 Å². The molecular weight excluding hydrogens is 236 g/mol. The molecule has 0 unspecified atom stereocenters. The fourth-order valence-electron chi connectivity index (χ4n) is 1.66.